The summed E-state index contributed by atoms with van der Waals surface area (Å²) in [6.45, 7) is 8.77. The quantitative estimate of drug-likeness (QED) is 0.0434. The average Bonchev–Trinajstić information content (AvgIpc) is 1.60. The highest BCUT2D eigenvalue weighted by molar-refractivity contribution is 7.88. The number of nitrogens with zero attached hydrogens (tertiary/aromatic N) is 7. The van der Waals surface area contributed by atoms with Crippen LogP contribution in [0, 0.1) is 0 Å². The number of unbranched alkanes of at least 4 members (excludes halogenated alkanes) is 3. The van der Waals surface area contributed by atoms with Crippen molar-refractivity contribution < 1.29 is 27.3 Å². The molecule has 0 bridgehead atoms. The van der Waals surface area contributed by atoms with E-state index >= 15 is 0 Å². The Hall–Kier alpha value is -6.88. The zero-order valence-corrected chi connectivity index (χ0v) is 59.0. The third-order valence-corrected chi connectivity index (χ3v) is 25.9. The number of pyridine rings is 3. The Bertz CT molecular complexity index is 4530. The third-order valence-electron chi connectivity index (χ3n) is 14.5. The molecule has 9 heterocycles. The lowest BCUT2D eigenvalue weighted by molar-refractivity contribution is -0.142. The fraction of sp³-hybridized carbons (Fsp3) is 0.269. The monoisotopic (exact) mass is 1400 g/mol. The topological polar surface area (TPSA) is 256 Å². The summed E-state index contributed by atoms with van der Waals surface area (Å²) in [6.07, 6.45) is 11.0. The molecule has 0 spiro atoms. The first kappa shape index (κ1) is 68.0. The van der Waals surface area contributed by atoms with E-state index in [4.69, 9.17) is 36.9 Å². The number of carbonyl (C=O) groups is 1. The van der Waals surface area contributed by atoms with Crippen molar-refractivity contribution in [2.24, 2.45) is 0 Å². The molecule has 9 aromatic heterocycles. The van der Waals surface area contributed by atoms with Crippen LogP contribution in [0.3, 0.4) is 0 Å². The number of ether oxygens (including phenoxy) is 1. The molecular formula is C67H70N10O6S9. The molecular weight excluding hydrogens is 1330 g/mol. The van der Waals surface area contributed by atoms with Crippen LogP contribution in [0.2, 0.25) is 0 Å². The molecule has 3 aromatic carbocycles. The van der Waals surface area contributed by atoms with Crippen molar-refractivity contribution in [3.05, 3.63) is 142 Å². The number of aliphatic hydroxyl groups is 1. The van der Waals surface area contributed by atoms with Gasteiger partial charge in [-0.25, -0.2) is 29.9 Å². The highest BCUT2D eigenvalue weighted by Gasteiger charge is 2.25. The van der Waals surface area contributed by atoms with Gasteiger partial charge in [-0.15, -0.1) is 68.0 Å². The number of esters is 1. The molecule has 12 rings (SSSR count). The first-order valence-electron chi connectivity index (χ1n) is 29.8. The van der Waals surface area contributed by atoms with Crippen LogP contribution < -0.4 is 17.2 Å². The van der Waals surface area contributed by atoms with Gasteiger partial charge in [-0.1, -0.05) is 113 Å². The van der Waals surface area contributed by atoms with Gasteiger partial charge in [0.15, 0.2) is 0 Å². The molecule has 0 aliphatic rings. The van der Waals surface area contributed by atoms with Gasteiger partial charge in [0, 0.05) is 81.6 Å². The van der Waals surface area contributed by atoms with Crippen molar-refractivity contribution in [1.29, 1.82) is 0 Å². The summed E-state index contributed by atoms with van der Waals surface area (Å²) >= 11 is 8.87. The Morgan fingerprint density at radius 2 is 0.837 bits per heavy atom. The molecule has 0 aliphatic heterocycles. The smallest absolute Gasteiger partial charge is 0.302 e. The van der Waals surface area contributed by atoms with Crippen molar-refractivity contribution >= 4 is 154 Å². The fourth-order valence-corrected chi connectivity index (χ4v) is 20.1. The zero-order chi connectivity index (χ0) is 65.0. The number of carbonyl (C=O) groups excluding carboxylic acids is 1. The minimum atomic E-state index is -1.15. The van der Waals surface area contributed by atoms with Gasteiger partial charge in [-0.2, -0.15) is 0 Å². The van der Waals surface area contributed by atoms with Crippen LogP contribution in [-0.4, -0.2) is 89.9 Å². The number of benzene rings is 3. The van der Waals surface area contributed by atoms with Crippen molar-refractivity contribution in [2.45, 2.75) is 98.6 Å². The summed E-state index contributed by atoms with van der Waals surface area (Å²) in [6, 6.07) is 30.1. The number of fused-ring (bicyclic) bond motifs is 3. The summed E-state index contributed by atoms with van der Waals surface area (Å²) in [5, 5.41) is 20.2. The predicted octanol–water partition coefficient (Wildman–Crippen LogP) is 16.3. The Morgan fingerprint density at radius 1 is 0.511 bits per heavy atom. The van der Waals surface area contributed by atoms with Crippen LogP contribution in [0.15, 0.2) is 138 Å². The largest absolute Gasteiger partial charge is 0.461 e. The minimum absolute atomic E-state index is 0.00243. The summed E-state index contributed by atoms with van der Waals surface area (Å²) in [5.74, 6) is 1.51. The van der Waals surface area contributed by atoms with Gasteiger partial charge in [0.05, 0.1) is 56.1 Å². The Morgan fingerprint density at radius 3 is 1.12 bits per heavy atom. The molecule has 16 nitrogen and oxygen atoms in total. The SMILES string of the molecule is CCCCS(=O)c1sc2nc(-c3nccs3)cc(-c3ccc(CN(C)C)cc3)c2c1N.CCCCS(=O)c1sc2nc(-c3nccs3)cc(-c3ccc(CO)cc3)c2c1N.CCCCS(=O)c1sc2nc(-c3nccs3)cc(-c3ccc(COC(C)=O)cc3)c2c1N. The summed E-state index contributed by atoms with van der Waals surface area (Å²) in [4.78, 5) is 43.3. The van der Waals surface area contributed by atoms with E-state index in [9.17, 15) is 22.5 Å². The first-order chi connectivity index (χ1) is 44.6. The molecule has 0 saturated heterocycles. The average molecular weight is 1400 g/mol. The maximum atomic E-state index is 12.9. The van der Waals surface area contributed by atoms with Crippen LogP contribution in [0.1, 0.15) is 82.9 Å². The number of anilines is 3. The van der Waals surface area contributed by atoms with Crippen LogP contribution in [0.5, 0.6) is 0 Å². The van der Waals surface area contributed by atoms with Crippen LogP contribution >= 0.6 is 68.0 Å². The number of hydrogen-bond acceptors (Lipinski definition) is 22. The Labute approximate surface area is 566 Å². The molecule has 92 heavy (non-hydrogen) atoms. The van der Waals surface area contributed by atoms with E-state index in [-0.39, 0.29) is 19.2 Å². The Kier molecular flexibility index (Phi) is 23.5. The van der Waals surface area contributed by atoms with Crippen LogP contribution in [0.4, 0.5) is 17.1 Å². The Balaban J connectivity index is 0.000000151. The highest BCUT2D eigenvalue weighted by Crippen LogP contribution is 2.46. The molecule has 0 radical (unpaired) electrons. The second-order valence-corrected chi connectivity index (χ2v) is 32.6. The number of hydrogen-bond donors (Lipinski definition) is 4. The van der Waals surface area contributed by atoms with Crippen molar-refractivity contribution in [2.75, 3.05) is 48.6 Å². The lowest BCUT2D eigenvalue weighted by Crippen LogP contribution is -2.10. The van der Waals surface area contributed by atoms with E-state index in [0.29, 0.717) is 42.7 Å². The van der Waals surface area contributed by atoms with Crippen molar-refractivity contribution in [3.8, 4) is 65.5 Å². The van der Waals surface area contributed by atoms with Gasteiger partial charge in [0.2, 0.25) is 0 Å². The normalized spacial score (nSPS) is 12.4. The lowest BCUT2D eigenvalue weighted by atomic mass is 10.0. The van der Waals surface area contributed by atoms with E-state index in [0.717, 1.165) is 157 Å². The molecule has 0 fully saturated rings. The second kappa shape index (κ2) is 31.8. The molecule has 3 unspecified atom stereocenters. The molecule has 7 N–H and O–H groups in total. The van der Waals surface area contributed by atoms with Gasteiger partial charge in [-0.05, 0) is 102 Å². The van der Waals surface area contributed by atoms with Gasteiger partial charge < -0.3 is 31.9 Å². The molecule has 0 saturated carbocycles. The van der Waals surface area contributed by atoms with E-state index in [2.05, 4.69) is 85.1 Å². The van der Waals surface area contributed by atoms with Gasteiger partial charge >= 0.3 is 5.97 Å². The van der Waals surface area contributed by atoms with Crippen molar-refractivity contribution in [1.82, 2.24) is 34.8 Å². The van der Waals surface area contributed by atoms with E-state index in [1.54, 1.807) is 29.9 Å². The molecule has 478 valence electrons. The first-order valence-corrected chi connectivity index (χ1v) is 38.8. The maximum absolute atomic E-state index is 12.9. The van der Waals surface area contributed by atoms with Gasteiger partial charge in [0.25, 0.3) is 0 Å². The van der Waals surface area contributed by atoms with Crippen molar-refractivity contribution in [3.63, 3.8) is 0 Å². The number of aromatic nitrogens is 6. The molecule has 25 heteroatoms. The molecule has 0 aliphatic carbocycles. The molecule has 12 aromatic rings. The number of rotatable bonds is 23. The van der Waals surface area contributed by atoms with E-state index < -0.39 is 32.4 Å². The van der Waals surface area contributed by atoms with Crippen LogP contribution in [0.25, 0.3) is 96.1 Å². The molecule has 3 atom stereocenters. The number of aliphatic hydroxyl groups excluding tert-OH is 1. The number of thiophene rings is 3. The number of nitrogen functional groups attached to an aromatic ring is 3. The van der Waals surface area contributed by atoms with E-state index in [1.165, 1.54) is 69.2 Å². The highest BCUT2D eigenvalue weighted by atomic mass is 32.2. The summed E-state index contributed by atoms with van der Waals surface area (Å²) in [5.41, 5.74) is 32.5. The number of nitrogens with two attached hydrogens (primary N) is 3. The van der Waals surface area contributed by atoms with E-state index in [1.807, 2.05) is 76.8 Å². The summed E-state index contributed by atoms with van der Waals surface area (Å²) in [7, 11) is 0.726. The second-order valence-electron chi connectivity index (χ2n) is 21.6. The van der Waals surface area contributed by atoms with Gasteiger partial charge in [0.1, 0.15) is 65.8 Å². The maximum Gasteiger partial charge on any atom is 0.302 e. The van der Waals surface area contributed by atoms with Gasteiger partial charge in [-0.3, -0.25) is 17.4 Å². The molecule has 0 amide bonds. The third kappa shape index (κ3) is 16.0. The predicted molar refractivity (Wildman–Crippen MR) is 389 cm³/mol. The summed E-state index contributed by atoms with van der Waals surface area (Å²) < 4.78 is 45.8. The fourth-order valence-electron chi connectivity index (χ4n) is 9.89. The zero-order valence-electron chi connectivity index (χ0n) is 51.6. The van der Waals surface area contributed by atoms with Crippen LogP contribution in [-0.2, 0) is 61.7 Å². The lowest BCUT2D eigenvalue weighted by Gasteiger charge is -2.11. The number of thiazole rings is 3. The minimum Gasteiger partial charge on any atom is -0.461 e. The standard InChI is InChI=1S/C23H26N4OS3.C23H23N3O3S3.C21H21N3O2S3/c1-4-5-12-31(28)23-20(24)19-17(16-8-6-15(7-9-16)14-27(2)3)13-18(26-22(19)30-23)21-25-10-11-29-21;1-3-4-11-32(28)23-20(24)19-17(16-7-5-15(6-8-16)13-29-14(2)27)12-18(26-22(19)31-23)21-25-9-10-30-21;1-2-3-10-29(26)21-18(22)17-15(14-6-4-13(12-25)5-7-14)11-16(24-20(17)28-21)19-23-8-9-27-19/h6-11,13H,4-5,12,14,24H2,1-3H3;5-10,12H,3-4,11,13,24H2,1-2H3;4-9,11,25H,2-3,10,12,22H2,1H3.